The van der Waals surface area contributed by atoms with E-state index in [2.05, 4.69) is 11.2 Å². The minimum Gasteiger partial charge on any atom is -0.344 e. The molecule has 0 radical (unpaired) electrons. The molecule has 0 spiro atoms. The molecule has 3 heteroatoms. The smallest absolute Gasteiger partial charge is 0.272 e. The number of nitrogens with one attached hydrogen (secondary N) is 1. The molecule has 1 aromatic heterocycles. The van der Waals surface area contributed by atoms with Crippen LogP contribution in [-0.2, 0) is 6.54 Å². The van der Waals surface area contributed by atoms with E-state index < -0.39 is 0 Å². The van der Waals surface area contributed by atoms with E-state index in [0.717, 1.165) is 12.1 Å². The number of amides is 1. The molecule has 0 atom stereocenters. The standard InChI is InChI=1S/C15H14N2O/c1-3-12-7-5-8-13(11-12)16-15(18)14-9-6-10-17(14)4-2/h1,5-11H,4H2,2H3,(H,16,18). The van der Waals surface area contributed by atoms with Gasteiger partial charge in [0.05, 0.1) is 0 Å². The number of rotatable bonds is 3. The van der Waals surface area contributed by atoms with Gasteiger partial charge in [-0.3, -0.25) is 4.79 Å². The van der Waals surface area contributed by atoms with E-state index in [0.29, 0.717) is 11.4 Å². The van der Waals surface area contributed by atoms with Gasteiger partial charge in [0.2, 0.25) is 0 Å². The first-order valence-electron chi connectivity index (χ1n) is 5.77. The molecular weight excluding hydrogens is 224 g/mol. The molecule has 0 aliphatic heterocycles. The molecule has 0 unspecified atom stereocenters. The van der Waals surface area contributed by atoms with Gasteiger partial charge in [-0.2, -0.15) is 0 Å². The van der Waals surface area contributed by atoms with Crippen LogP contribution in [0.3, 0.4) is 0 Å². The van der Waals surface area contributed by atoms with Gasteiger partial charge in [0.25, 0.3) is 5.91 Å². The number of aryl methyl sites for hydroxylation is 1. The van der Waals surface area contributed by atoms with Gasteiger partial charge in [-0.1, -0.05) is 12.0 Å². The van der Waals surface area contributed by atoms with Gasteiger partial charge < -0.3 is 9.88 Å². The van der Waals surface area contributed by atoms with E-state index in [1.54, 1.807) is 12.1 Å². The second kappa shape index (κ2) is 5.24. The first-order chi connectivity index (χ1) is 8.74. The summed E-state index contributed by atoms with van der Waals surface area (Å²) in [6, 6.07) is 10.9. The quantitative estimate of drug-likeness (QED) is 0.820. The van der Waals surface area contributed by atoms with Crippen molar-refractivity contribution >= 4 is 11.6 Å². The van der Waals surface area contributed by atoms with Crippen LogP contribution in [0, 0.1) is 12.3 Å². The van der Waals surface area contributed by atoms with Crippen LogP contribution >= 0.6 is 0 Å². The minimum atomic E-state index is -0.129. The molecule has 0 fully saturated rings. The van der Waals surface area contributed by atoms with Crippen molar-refractivity contribution < 1.29 is 4.79 Å². The molecule has 18 heavy (non-hydrogen) atoms. The van der Waals surface area contributed by atoms with Gasteiger partial charge in [0.1, 0.15) is 5.69 Å². The highest BCUT2D eigenvalue weighted by molar-refractivity contribution is 6.03. The van der Waals surface area contributed by atoms with Crippen LogP contribution in [0.2, 0.25) is 0 Å². The average molecular weight is 238 g/mol. The molecule has 90 valence electrons. The highest BCUT2D eigenvalue weighted by Gasteiger charge is 2.09. The molecule has 0 aliphatic rings. The van der Waals surface area contributed by atoms with Crippen LogP contribution in [0.1, 0.15) is 23.0 Å². The van der Waals surface area contributed by atoms with Gasteiger partial charge in [0, 0.05) is 24.0 Å². The normalized spacial score (nSPS) is 9.78. The number of carbonyl (C=O) groups excluding carboxylic acids is 1. The van der Waals surface area contributed by atoms with Crippen molar-refractivity contribution in [3.63, 3.8) is 0 Å². The zero-order valence-corrected chi connectivity index (χ0v) is 10.2. The Hall–Kier alpha value is -2.47. The lowest BCUT2D eigenvalue weighted by Gasteiger charge is -2.08. The summed E-state index contributed by atoms with van der Waals surface area (Å²) in [5.74, 6) is 2.41. The van der Waals surface area contributed by atoms with Gasteiger partial charge >= 0.3 is 0 Å². The fraction of sp³-hybridized carbons (Fsp3) is 0.133. The number of terminal acetylenes is 1. The van der Waals surface area contributed by atoms with E-state index in [9.17, 15) is 4.79 Å². The van der Waals surface area contributed by atoms with Crippen LogP contribution in [0.5, 0.6) is 0 Å². The van der Waals surface area contributed by atoms with E-state index >= 15 is 0 Å². The number of aromatic nitrogens is 1. The lowest BCUT2D eigenvalue weighted by Crippen LogP contribution is -2.16. The third-order valence-electron chi connectivity index (χ3n) is 2.69. The first-order valence-corrected chi connectivity index (χ1v) is 5.77. The van der Waals surface area contributed by atoms with E-state index in [4.69, 9.17) is 6.42 Å². The van der Waals surface area contributed by atoms with Crippen LogP contribution < -0.4 is 5.32 Å². The number of benzene rings is 1. The van der Waals surface area contributed by atoms with E-state index in [-0.39, 0.29) is 5.91 Å². The highest BCUT2D eigenvalue weighted by atomic mass is 16.1. The van der Waals surface area contributed by atoms with E-state index in [1.165, 1.54) is 0 Å². The summed E-state index contributed by atoms with van der Waals surface area (Å²) in [5, 5.41) is 2.84. The van der Waals surface area contributed by atoms with Crippen molar-refractivity contribution in [2.24, 2.45) is 0 Å². The van der Waals surface area contributed by atoms with E-state index in [1.807, 2.05) is 42.0 Å². The molecule has 2 aromatic rings. The van der Waals surface area contributed by atoms with Crippen LogP contribution in [-0.4, -0.2) is 10.5 Å². The molecule has 0 saturated heterocycles. The number of hydrogen-bond donors (Lipinski definition) is 1. The van der Waals surface area contributed by atoms with Crippen molar-refractivity contribution in [1.82, 2.24) is 4.57 Å². The Morgan fingerprint density at radius 1 is 1.39 bits per heavy atom. The average Bonchev–Trinajstić information content (AvgIpc) is 2.87. The summed E-state index contributed by atoms with van der Waals surface area (Å²) < 4.78 is 1.89. The SMILES string of the molecule is C#Cc1cccc(NC(=O)c2cccn2CC)c1. The maximum absolute atomic E-state index is 12.1. The molecular formula is C15H14N2O. The fourth-order valence-electron chi connectivity index (χ4n) is 1.78. The molecule has 3 nitrogen and oxygen atoms in total. The molecule has 2 rings (SSSR count). The lowest BCUT2D eigenvalue weighted by atomic mass is 10.2. The zero-order valence-electron chi connectivity index (χ0n) is 10.2. The summed E-state index contributed by atoms with van der Waals surface area (Å²) in [6.07, 6.45) is 7.20. The molecule has 0 bridgehead atoms. The van der Waals surface area contributed by atoms with Crippen molar-refractivity contribution in [3.8, 4) is 12.3 Å². The topological polar surface area (TPSA) is 34.0 Å². The highest BCUT2D eigenvalue weighted by Crippen LogP contribution is 2.12. The largest absolute Gasteiger partial charge is 0.344 e. The summed E-state index contributed by atoms with van der Waals surface area (Å²) in [4.78, 5) is 12.1. The Balaban J connectivity index is 2.19. The van der Waals surface area contributed by atoms with Gasteiger partial charge in [0.15, 0.2) is 0 Å². The van der Waals surface area contributed by atoms with Crippen LogP contribution in [0.15, 0.2) is 42.6 Å². The van der Waals surface area contributed by atoms with Gasteiger partial charge in [-0.05, 0) is 37.3 Å². The second-order valence-corrected chi connectivity index (χ2v) is 3.86. The molecule has 0 aliphatic carbocycles. The first kappa shape index (κ1) is 12.0. The zero-order chi connectivity index (χ0) is 13.0. The summed E-state index contributed by atoms with van der Waals surface area (Å²) in [7, 11) is 0. The second-order valence-electron chi connectivity index (χ2n) is 3.86. The van der Waals surface area contributed by atoms with Crippen molar-refractivity contribution in [2.45, 2.75) is 13.5 Å². The fourth-order valence-corrected chi connectivity index (χ4v) is 1.78. The molecule has 0 saturated carbocycles. The summed E-state index contributed by atoms with van der Waals surface area (Å²) >= 11 is 0. The predicted octanol–water partition coefficient (Wildman–Crippen LogP) is 2.74. The van der Waals surface area contributed by atoms with Gasteiger partial charge in [-0.25, -0.2) is 0 Å². The Labute approximate surface area is 106 Å². The Morgan fingerprint density at radius 2 is 2.22 bits per heavy atom. The van der Waals surface area contributed by atoms with Crippen LogP contribution in [0.25, 0.3) is 0 Å². The number of nitrogens with zero attached hydrogens (tertiary/aromatic N) is 1. The lowest BCUT2D eigenvalue weighted by molar-refractivity contribution is 0.101. The summed E-state index contributed by atoms with van der Waals surface area (Å²) in [5.41, 5.74) is 2.10. The van der Waals surface area contributed by atoms with Crippen molar-refractivity contribution in [3.05, 3.63) is 53.9 Å². The molecule has 1 N–H and O–H groups in total. The number of hydrogen-bond acceptors (Lipinski definition) is 1. The maximum Gasteiger partial charge on any atom is 0.272 e. The van der Waals surface area contributed by atoms with Gasteiger partial charge in [-0.15, -0.1) is 6.42 Å². The number of carbonyl (C=O) groups is 1. The molecule has 1 amide bonds. The summed E-state index contributed by atoms with van der Waals surface area (Å²) in [6.45, 7) is 2.76. The Kier molecular flexibility index (Phi) is 3.49. The Bertz CT molecular complexity index is 605. The molecule has 1 heterocycles. The maximum atomic E-state index is 12.1. The third kappa shape index (κ3) is 2.44. The predicted molar refractivity (Wildman–Crippen MR) is 72.4 cm³/mol. The van der Waals surface area contributed by atoms with Crippen molar-refractivity contribution in [2.75, 3.05) is 5.32 Å². The Morgan fingerprint density at radius 3 is 2.94 bits per heavy atom. The van der Waals surface area contributed by atoms with Crippen LogP contribution in [0.4, 0.5) is 5.69 Å². The molecule has 1 aromatic carbocycles. The number of anilines is 1. The monoisotopic (exact) mass is 238 g/mol. The minimum absolute atomic E-state index is 0.129. The third-order valence-corrected chi connectivity index (χ3v) is 2.69. The van der Waals surface area contributed by atoms with Crippen molar-refractivity contribution in [1.29, 1.82) is 0 Å².